The summed E-state index contributed by atoms with van der Waals surface area (Å²) < 4.78 is 18.2. The molecule has 32 heavy (non-hydrogen) atoms. The summed E-state index contributed by atoms with van der Waals surface area (Å²) in [4.78, 5) is 28.8. The van der Waals surface area contributed by atoms with E-state index in [0.717, 1.165) is 0 Å². The first-order valence-electron chi connectivity index (χ1n) is 9.92. The smallest absolute Gasteiger partial charge is 0.255 e. The van der Waals surface area contributed by atoms with Gasteiger partial charge in [0.15, 0.2) is 0 Å². The van der Waals surface area contributed by atoms with Gasteiger partial charge in [-0.15, -0.1) is 0 Å². The quantitative estimate of drug-likeness (QED) is 0.443. The van der Waals surface area contributed by atoms with Gasteiger partial charge in [-0.05, 0) is 54.6 Å². The maximum absolute atomic E-state index is 13.0. The van der Waals surface area contributed by atoms with Crippen LogP contribution in [0.4, 0.5) is 15.8 Å². The van der Waals surface area contributed by atoms with Gasteiger partial charge in [0.05, 0.1) is 0 Å². The number of halogens is 1. The fraction of sp³-hybridized carbons (Fsp3) is 0.0833. The molecule has 160 valence electrons. The molecule has 1 heterocycles. The molecule has 0 atom stereocenters. The molecule has 4 rings (SSSR count). The lowest BCUT2D eigenvalue weighted by atomic mass is 10.2. The van der Waals surface area contributed by atoms with Crippen LogP contribution in [0.15, 0.2) is 83.4 Å². The van der Waals surface area contributed by atoms with Gasteiger partial charge in [0.2, 0.25) is 17.6 Å². The van der Waals surface area contributed by atoms with Gasteiger partial charge in [0.1, 0.15) is 5.82 Å². The lowest BCUT2D eigenvalue weighted by Gasteiger charge is -2.08. The van der Waals surface area contributed by atoms with Crippen LogP contribution in [-0.2, 0) is 11.2 Å². The van der Waals surface area contributed by atoms with Crippen LogP contribution in [0.5, 0.6) is 0 Å². The molecule has 2 amide bonds. The molecular weight excluding hydrogens is 411 g/mol. The highest BCUT2D eigenvalue weighted by atomic mass is 19.1. The summed E-state index contributed by atoms with van der Waals surface area (Å²) in [5.41, 5.74) is 2.29. The SMILES string of the molecule is O=C(CCc1nc(-c2ccc(F)cc2)no1)Nc1cccc(NC(=O)c2ccccc2)c1. The molecular formula is C24H19FN4O3. The minimum Gasteiger partial charge on any atom is -0.339 e. The number of aromatic nitrogens is 2. The van der Waals surface area contributed by atoms with E-state index in [1.54, 1.807) is 60.7 Å². The predicted octanol–water partition coefficient (Wildman–Crippen LogP) is 4.70. The van der Waals surface area contributed by atoms with E-state index in [2.05, 4.69) is 20.8 Å². The van der Waals surface area contributed by atoms with Crippen LogP contribution in [0.25, 0.3) is 11.4 Å². The fourth-order valence-electron chi connectivity index (χ4n) is 2.98. The van der Waals surface area contributed by atoms with Gasteiger partial charge >= 0.3 is 0 Å². The molecule has 0 saturated carbocycles. The molecule has 0 aliphatic carbocycles. The summed E-state index contributed by atoms with van der Waals surface area (Å²) in [7, 11) is 0. The molecule has 3 aromatic carbocycles. The van der Waals surface area contributed by atoms with Crippen LogP contribution >= 0.6 is 0 Å². The zero-order valence-corrected chi connectivity index (χ0v) is 16.9. The lowest BCUT2D eigenvalue weighted by molar-refractivity contribution is -0.116. The van der Waals surface area contributed by atoms with E-state index in [4.69, 9.17) is 4.52 Å². The van der Waals surface area contributed by atoms with E-state index in [0.29, 0.717) is 34.2 Å². The summed E-state index contributed by atoms with van der Waals surface area (Å²) in [5.74, 6) is -0.177. The third-order valence-corrected chi connectivity index (χ3v) is 4.58. The Balaban J connectivity index is 1.31. The van der Waals surface area contributed by atoms with Crippen molar-refractivity contribution in [3.8, 4) is 11.4 Å². The summed E-state index contributed by atoms with van der Waals surface area (Å²) >= 11 is 0. The average Bonchev–Trinajstić information content (AvgIpc) is 3.28. The number of hydrogen-bond donors (Lipinski definition) is 2. The van der Waals surface area contributed by atoms with Crippen LogP contribution in [0.3, 0.4) is 0 Å². The summed E-state index contributed by atoms with van der Waals surface area (Å²) in [6, 6.07) is 21.5. The normalized spacial score (nSPS) is 10.5. The Hall–Kier alpha value is -4.33. The van der Waals surface area contributed by atoms with Gasteiger partial charge in [0, 0.05) is 35.3 Å². The molecule has 0 aliphatic heterocycles. The molecule has 0 aliphatic rings. The first kappa shape index (κ1) is 20.9. The number of nitrogens with one attached hydrogen (secondary N) is 2. The van der Waals surface area contributed by atoms with Crippen LogP contribution in [0.1, 0.15) is 22.7 Å². The monoisotopic (exact) mass is 430 g/mol. The highest BCUT2D eigenvalue weighted by molar-refractivity contribution is 6.04. The lowest BCUT2D eigenvalue weighted by Crippen LogP contribution is -2.14. The van der Waals surface area contributed by atoms with Gasteiger partial charge in [0.25, 0.3) is 5.91 Å². The maximum Gasteiger partial charge on any atom is 0.255 e. The number of aryl methyl sites for hydroxylation is 1. The Bertz CT molecular complexity index is 1220. The van der Waals surface area contributed by atoms with Crippen LogP contribution in [-0.4, -0.2) is 22.0 Å². The number of nitrogens with zero attached hydrogens (tertiary/aromatic N) is 2. The minimum absolute atomic E-state index is 0.131. The molecule has 8 heteroatoms. The van der Waals surface area contributed by atoms with E-state index >= 15 is 0 Å². The van der Waals surface area contributed by atoms with Crippen molar-refractivity contribution in [2.75, 3.05) is 10.6 Å². The number of rotatable bonds is 7. The molecule has 0 unspecified atom stereocenters. The fourth-order valence-corrected chi connectivity index (χ4v) is 2.98. The van der Waals surface area contributed by atoms with Gasteiger partial charge in [-0.25, -0.2) is 4.39 Å². The molecule has 1 aromatic heterocycles. The second kappa shape index (κ2) is 9.65. The zero-order valence-electron chi connectivity index (χ0n) is 16.9. The van der Waals surface area contributed by atoms with Gasteiger partial charge < -0.3 is 15.2 Å². The Labute approximate surface area is 183 Å². The Morgan fingerprint density at radius 3 is 2.34 bits per heavy atom. The van der Waals surface area contributed by atoms with Gasteiger partial charge in [-0.2, -0.15) is 4.98 Å². The number of anilines is 2. The molecule has 4 aromatic rings. The molecule has 2 N–H and O–H groups in total. The molecule has 0 radical (unpaired) electrons. The second-order valence-electron chi connectivity index (χ2n) is 6.97. The summed E-state index contributed by atoms with van der Waals surface area (Å²) in [5, 5.41) is 9.45. The molecule has 0 bridgehead atoms. The zero-order chi connectivity index (χ0) is 22.3. The van der Waals surface area contributed by atoms with Crippen molar-refractivity contribution in [3.63, 3.8) is 0 Å². The van der Waals surface area contributed by atoms with Crippen molar-refractivity contribution in [1.82, 2.24) is 10.1 Å². The number of benzene rings is 3. The van der Waals surface area contributed by atoms with Gasteiger partial charge in [-0.3, -0.25) is 9.59 Å². The number of hydrogen-bond acceptors (Lipinski definition) is 5. The average molecular weight is 430 g/mol. The van der Waals surface area contributed by atoms with Crippen molar-refractivity contribution in [2.24, 2.45) is 0 Å². The maximum atomic E-state index is 13.0. The van der Waals surface area contributed by atoms with E-state index < -0.39 is 0 Å². The van der Waals surface area contributed by atoms with Crippen molar-refractivity contribution in [2.45, 2.75) is 12.8 Å². The molecule has 7 nitrogen and oxygen atoms in total. The third kappa shape index (κ3) is 5.42. The van der Waals surface area contributed by atoms with E-state index in [9.17, 15) is 14.0 Å². The number of carbonyl (C=O) groups is 2. The topological polar surface area (TPSA) is 97.1 Å². The van der Waals surface area contributed by atoms with Crippen LogP contribution < -0.4 is 10.6 Å². The molecule has 0 saturated heterocycles. The van der Waals surface area contributed by atoms with Crippen LogP contribution in [0, 0.1) is 5.82 Å². The number of amides is 2. The Morgan fingerprint density at radius 1 is 0.875 bits per heavy atom. The van der Waals surface area contributed by atoms with E-state index in [-0.39, 0.29) is 30.5 Å². The Kier molecular flexibility index (Phi) is 6.31. The largest absolute Gasteiger partial charge is 0.339 e. The van der Waals surface area contributed by atoms with Crippen molar-refractivity contribution in [3.05, 3.63) is 96.1 Å². The van der Waals surface area contributed by atoms with Crippen molar-refractivity contribution >= 4 is 23.2 Å². The first-order chi connectivity index (χ1) is 15.6. The first-order valence-corrected chi connectivity index (χ1v) is 9.92. The molecule has 0 fully saturated rings. The third-order valence-electron chi connectivity index (χ3n) is 4.58. The standard InChI is InChI=1S/C24H19FN4O3/c25-18-11-9-16(10-12-18)23-28-22(32-29-23)14-13-21(30)26-19-7-4-8-20(15-19)27-24(31)17-5-2-1-3-6-17/h1-12,15H,13-14H2,(H,26,30)(H,27,31). The highest BCUT2D eigenvalue weighted by Crippen LogP contribution is 2.18. The number of carbonyl (C=O) groups excluding carboxylic acids is 2. The van der Waals surface area contributed by atoms with E-state index in [1.165, 1.54) is 12.1 Å². The predicted molar refractivity (Wildman–Crippen MR) is 117 cm³/mol. The second-order valence-corrected chi connectivity index (χ2v) is 6.97. The van der Waals surface area contributed by atoms with Crippen molar-refractivity contribution in [1.29, 1.82) is 0 Å². The highest BCUT2D eigenvalue weighted by Gasteiger charge is 2.12. The Morgan fingerprint density at radius 2 is 1.59 bits per heavy atom. The molecule has 0 spiro atoms. The minimum atomic E-state index is -0.349. The van der Waals surface area contributed by atoms with Crippen LogP contribution in [0.2, 0.25) is 0 Å². The van der Waals surface area contributed by atoms with Crippen molar-refractivity contribution < 1.29 is 18.5 Å². The van der Waals surface area contributed by atoms with E-state index in [1.807, 2.05) is 6.07 Å². The summed E-state index contributed by atoms with van der Waals surface area (Å²) in [6.45, 7) is 0. The van der Waals surface area contributed by atoms with Gasteiger partial charge in [-0.1, -0.05) is 29.4 Å². The summed E-state index contributed by atoms with van der Waals surface area (Å²) in [6.07, 6.45) is 0.385.